The molecule has 6 nitrogen and oxygen atoms in total. The standard InChI is InChI=1S/C24H24FN3O3/c1-15-19(11-12-29)24(31)28(23(26-15)17-6-4-7-18(25)13-17)14-22(30)27-21-10-9-16-5-2-3-8-20(16)21/h2-8,13,21,29H,9-12,14H2,1H3,(H,27,30)/t21-/m0/s1. The molecule has 0 spiro atoms. The van der Waals surface area contributed by atoms with Gasteiger partial charge in [0, 0.05) is 29.8 Å². The van der Waals surface area contributed by atoms with Gasteiger partial charge in [-0.1, -0.05) is 36.4 Å². The molecule has 1 aromatic heterocycles. The maximum Gasteiger partial charge on any atom is 0.257 e. The van der Waals surface area contributed by atoms with Gasteiger partial charge in [0.1, 0.15) is 18.2 Å². The van der Waals surface area contributed by atoms with Gasteiger partial charge in [0.05, 0.1) is 6.04 Å². The highest BCUT2D eigenvalue weighted by atomic mass is 19.1. The molecule has 4 rings (SSSR count). The monoisotopic (exact) mass is 421 g/mol. The van der Waals surface area contributed by atoms with E-state index < -0.39 is 11.4 Å². The number of aliphatic hydroxyl groups is 1. The van der Waals surface area contributed by atoms with Gasteiger partial charge in [-0.15, -0.1) is 0 Å². The molecule has 0 bridgehead atoms. The predicted octanol–water partition coefficient (Wildman–Crippen LogP) is 2.70. The van der Waals surface area contributed by atoms with Crippen LogP contribution in [0.1, 0.15) is 34.8 Å². The van der Waals surface area contributed by atoms with Crippen LogP contribution in [0.15, 0.2) is 53.3 Å². The second-order valence-corrected chi connectivity index (χ2v) is 7.73. The van der Waals surface area contributed by atoms with Gasteiger partial charge < -0.3 is 10.4 Å². The van der Waals surface area contributed by atoms with Crippen molar-refractivity contribution >= 4 is 5.91 Å². The molecule has 31 heavy (non-hydrogen) atoms. The van der Waals surface area contributed by atoms with Gasteiger partial charge >= 0.3 is 0 Å². The van der Waals surface area contributed by atoms with Gasteiger partial charge in [0.25, 0.3) is 5.56 Å². The summed E-state index contributed by atoms with van der Waals surface area (Å²) in [5.41, 5.74) is 3.13. The largest absolute Gasteiger partial charge is 0.396 e. The third-order valence-electron chi connectivity index (χ3n) is 5.68. The van der Waals surface area contributed by atoms with Crippen molar-refractivity contribution in [2.45, 2.75) is 38.8 Å². The first-order chi connectivity index (χ1) is 15.0. The van der Waals surface area contributed by atoms with Gasteiger partial charge in [0.15, 0.2) is 0 Å². The first kappa shape index (κ1) is 20.9. The average Bonchev–Trinajstić information content (AvgIpc) is 3.16. The van der Waals surface area contributed by atoms with Crippen LogP contribution in [0.5, 0.6) is 0 Å². The normalized spacial score (nSPS) is 15.0. The first-order valence-corrected chi connectivity index (χ1v) is 10.3. The topological polar surface area (TPSA) is 84.2 Å². The molecule has 3 aromatic rings. The summed E-state index contributed by atoms with van der Waals surface area (Å²) in [6.45, 7) is 1.23. The maximum atomic E-state index is 13.8. The quantitative estimate of drug-likeness (QED) is 0.641. The van der Waals surface area contributed by atoms with Crippen LogP contribution in [0.4, 0.5) is 4.39 Å². The number of aromatic nitrogens is 2. The van der Waals surface area contributed by atoms with Gasteiger partial charge in [-0.2, -0.15) is 0 Å². The highest BCUT2D eigenvalue weighted by Gasteiger charge is 2.24. The summed E-state index contributed by atoms with van der Waals surface area (Å²) in [7, 11) is 0. The second-order valence-electron chi connectivity index (χ2n) is 7.73. The zero-order chi connectivity index (χ0) is 22.0. The highest BCUT2D eigenvalue weighted by molar-refractivity contribution is 5.77. The molecule has 0 saturated heterocycles. The number of halogens is 1. The fourth-order valence-electron chi connectivity index (χ4n) is 4.19. The fourth-order valence-corrected chi connectivity index (χ4v) is 4.19. The summed E-state index contributed by atoms with van der Waals surface area (Å²) in [5, 5.41) is 12.4. The molecule has 0 unspecified atom stereocenters. The summed E-state index contributed by atoms with van der Waals surface area (Å²) < 4.78 is 15.1. The van der Waals surface area contributed by atoms with Gasteiger partial charge in [-0.05, 0) is 43.0 Å². The maximum absolute atomic E-state index is 13.8. The molecule has 0 radical (unpaired) electrons. The number of aliphatic hydroxyl groups excluding tert-OH is 1. The zero-order valence-corrected chi connectivity index (χ0v) is 17.3. The summed E-state index contributed by atoms with van der Waals surface area (Å²) in [6.07, 6.45) is 1.83. The number of carbonyl (C=O) groups is 1. The van der Waals surface area contributed by atoms with Crippen LogP contribution in [0, 0.1) is 12.7 Å². The smallest absolute Gasteiger partial charge is 0.257 e. The van der Waals surface area contributed by atoms with Crippen molar-refractivity contribution in [2.75, 3.05) is 6.61 Å². The van der Waals surface area contributed by atoms with Gasteiger partial charge in [-0.3, -0.25) is 14.2 Å². The number of aryl methyl sites for hydroxylation is 2. The molecule has 0 saturated carbocycles. The summed E-state index contributed by atoms with van der Waals surface area (Å²) in [6, 6.07) is 13.7. The Morgan fingerprint density at radius 3 is 2.84 bits per heavy atom. The number of hydrogen-bond donors (Lipinski definition) is 2. The lowest BCUT2D eigenvalue weighted by molar-refractivity contribution is -0.122. The van der Waals surface area contributed by atoms with E-state index in [0.717, 1.165) is 18.4 Å². The van der Waals surface area contributed by atoms with Crippen molar-refractivity contribution < 1.29 is 14.3 Å². The van der Waals surface area contributed by atoms with Crippen molar-refractivity contribution in [3.05, 3.63) is 87.1 Å². The Kier molecular flexibility index (Phi) is 5.95. The zero-order valence-electron chi connectivity index (χ0n) is 17.3. The van der Waals surface area contributed by atoms with E-state index in [1.807, 2.05) is 18.2 Å². The van der Waals surface area contributed by atoms with Crippen LogP contribution in [0.3, 0.4) is 0 Å². The van der Waals surface area contributed by atoms with E-state index in [4.69, 9.17) is 0 Å². The Balaban J connectivity index is 1.68. The fraction of sp³-hybridized carbons (Fsp3) is 0.292. The Hall–Kier alpha value is -3.32. The van der Waals surface area contributed by atoms with Crippen molar-refractivity contribution in [1.82, 2.24) is 14.9 Å². The van der Waals surface area contributed by atoms with Crippen LogP contribution in [0.25, 0.3) is 11.4 Å². The van der Waals surface area contributed by atoms with Crippen molar-refractivity contribution in [1.29, 1.82) is 0 Å². The minimum atomic E-state index is -0.456. The highest BCUT2D eigenvalue weighted by Crippen LogP contribution is 2.30. The predicted molar refractivity (Wildman–Crippen MR) is 115 cm³/mol. The van der Waals surface area contributed by atoms with E-state index in [2.05, 4.69) is 16.4 Å². The molecule has 7 heteroatoms. The SMILES string of the molecule is Cc1nc(-c2cccc(F)c2)n(CC(=O)N[C@H]2CCc3ccccc32)c(=O)c1CCO. The number of rotatable bonds is 6. The van der Waals surface area contributed by atoms with Crippen LogP contribution in [-0.2, 0) is 24.2 Å². The number of amides is 1. The molecule has 160 valence electrons. The third kappa shape index (κ3) is 4.27. The lowest BCUT2D eigenvalue weighted by atomic mass is 10.1. The minimum absolute atomic E-state index is 0.104. The Morgan fingerprint density at radius 1 is 1.26 bits per heavy atom. The lowest BCUT2D eigenvalue weighted by Gasteiger charge is -2.18. The van der Waals surface area contributed by atoms with E-state index in [-0.39, 0.29) is 37.3 Å². The van der Waals surface area contributed by atoms with Crippen LogP contribution in [-0.4, -0.2) is 27.2 Å². The van der Waals surface area contributed by atoms with Crippen LogP contribution >= 0.6 is 0 Å². The van der Waals surface area contributed by atoms with E-state index in [0.29, 0.717) is 16.8 Å². The number of fused-ring (bicyclic) bond motifs is 1. The molecular weight excluding hydrogens is 397 g/mol. The van der Waals surface area contributed by atoms with Crippen molar-refractivity contribution in [3.8, 4) is 11.4 Å². The molecule has 2 N–H and O–H groups in total. The second kappa shape index (κ2) is 8.81. The van der Waals surface area contributed by atoms with Gasteiger partial charge in [0.2, 0.25) is 5.91 Å². The van der Waals surface area contributed by atoms with E-state index in [9.17, 15) is 19.1 Å². The van der Waals surface area contributed by atoms with Crippen molar-refractivity contribution in [3.63, 3.8) is 0 Å². The molecule has 1 aliphatic rings. The summed E-state index contributed by atoms with van der Waals surface area (Å²) >= 11 is 0. The number of benzene rings is 2. The van der Waals surface area contributed by atoms with Crippen LogP contribution < -0.4 is 10.9 Å². The van der Waals surface area contributed by atoms with Crippen LogP contribution in [0.2, 0.25) is 0 Å². The molecular formula is C24H24FN3O3. The Labute approximate surface area is 179 Å². The number of carbonyl (C=O) groups excluding carboxylic acids is 1. The van der Waals surface area contributed by atoms with E-state index >= 15 is 0 Å². The Morgan fingerprint density at radius 2 is 2.06 bits per heavy atom. The molecule has 0 fully saturated rings. The molecule has 1 atom stereocenters. The number of hydrogen-bond acceptors (Lipinski definition) is 4. The molecule has 1 heterocycles. The van der Waals surface area contributed by atoms with E-state index in [1.165, 1.54) is 28.3 Å². The number of nitrogens with zero attached hydrogens (tertiary/aromatic N) is 2. The summed E-state index contributed by atoms with van der Waals surface area (Å²) in [4.78, 5) is 30.6. The average molecular weight is 421 g/mol. The Bertz CT molecular complexity index is 1190. The minimum Gasteiger partial charge on any atom is -0.396 e. The number of nitrogens with one attached hydrogen (secondary N) is 1. The molecule has 1 amide bonds. The first-order valence-electron chi connectivity index (χ1n) is 10.3. The molecule has 0 aliphatic heterocycles. The van der Waals surface area contributed by atoms with Gasteiger partial charge in [-0.25, -0.2) is 9.37 Å². The molecule has 1 aliphatic carbocycles. The summed E-state index contributed by atoms with van der Waals surface area (Å²) in [5.74, 6) is -0.546. The van der Waals surface area contributed by atoms with Crippen molar-refractivity contribution in [2.24, 2.45) is 0 Å². The third-order valence-corrected chi connectivity index (χ3v) is 5.68. The van der Waals surface area contributed by atoms with E-state index in [1.54, 1.807) is 13.0 Å². The molecule has 2 aromatic carbocycles. The lowest BCUT2D eigenvalue weighted by Crippen LogP contribution is -2.37.